The summed E-state index contributed by atoms with van der Waals surface area (Å²) in [4.78, 5) is 29.4. The van der Waals surface area contributed by atoms with E-state index < -0.39 is 11.7 Å². The van der Waals surface area contributed by atoms with Crippen molar-refractivity contribution in [1.82, 2.24) is 9.30 Å². The Bertz CT molecular complexity index is 1410. The van der Waals surface area contributed by atoms with Gasteiger partial charge < -0.3 is 14.9 Å². The van der Waals surface area contributed by atoms with E-state index in [1.807, 2.05) is 12.1 Å². The van der Waals surface area contributed by atoms with Crippen LogP contribution < -0.4 is 5.36 Å². The lowest BCUT2D eigenvalue weighted by Gasteiger charge is -2.07. The van der Waals surface area contributed by atoms with E-state index >= 15 is 0 Å². The Hall–Kier alpha value is -3.26. The molecule has 0 spiro atoms. The number of benzene rings is 2. The third-order valence-corrected chi connectivity index (χ3v) is 5.54. The van der Waals surface area contributed by atoms with Crippen LogP contribution in [0.5, 0.6) is 5.75 Å². The molecule has 162 valence electrons. The van der Waals surface area contributed by atoms with E-state index in [2.05, 4.69) is 4.99 Å². The number of fused-ring (bicyclic) bond motifs is 1. The van der Waals surface area contributed by atoms with Crippen LogP contribution >= 0.6 is 34.8 Å². The number of para-hydroxylation sites is 1. The van der Waals surface area contributed by atoms with Crippen LogP contribution in [0.15, 0.2) is 66.0 Å². The topological polar surface area (TPSA) is 96.8 Å². The van der Waals surface area contributed by atoms with Crippen molar-refractivity contribution in [3.63, 3.8) is 0 Å². The second-order valence-corrected chi connectivity index (χ2v) is 8.15. The second kappa shape index (κ2) is 8.70. The third-order valence-electron chi connectivity index (χ3n) is 4.74. The smallest absolute Gasteiger partial charge is 0.318 e. The minimum atomic E-state index is -1.10. The Morgan fingerprint density at radius 3 is 2.25 bits per heavy atom. The van der Waals surface area contributed by atoms with Crippen LogP contribution in [-0.4, -0.2) is 31.3 Å². The average molecular weight is 491 g/mol. The molecule has 10 heteroatoms. The molecule has 2 aromatic heterocycles. The van der Waals surface area contributed by atoms with Crippen LogP contribution in [0.25, 0.3) is 10.9 Å². The van der Waals surface area contributed by atoms with Crippen molar-refractivity contribution in [1.29, 1.82) is 0 Å². The van der Waals surface area contributed by atoms with E-state index in [9.17, 15) is 19.9 Å². The molecule has 0 saturated heterocycles. The van der Waals surface area contributed by atoms with Crippen LogP contribution in [0.1, 0.15) is 15.9 Å². The number of pyridine rings is 1. The molecule has 32 heavy (non-hydrogen) atoms. The van der Waals surface area contributed by atoms with E-state index in [-0.39, 0.29) is 26.7 Å². The van der Waals surface area contributed by atoms with Gasteiger partial charge in [0.15, 0.2) is 0 Å². The summed E-state index contributed by atoms with van der Waals surface area (Å²) >= 11 is 17.9. The van der Waals surface area contributed by atoms with Crippen molar-refractivity contribution < 1.29 is 19.9 Å². The van der Waals surface area contributed by atoms with Gasteiger partial charge in [-0.15, -0.1) is 0 Å². The number of phenolic OH excluding ortho intramolecular Hbond substituents is 1. The lowest BCUT2D eigenvalue weighted by atomic mass is 10.1. The number of rotatable bonds is 4. The summed E-state index contributed by atoms with van der Waals surface area (Å²) in [6, 6.07) is 11.8. The van der Waals surface area contributed by atoms with E-state index in [4.69, 9.17) is 34.8 Å². The fraction of sp³-hybridized carbons (Fsp3) is 0.0455. The number of carbonyl (C=O) groups is 2. The Balaban J connectivity index is 1.78. The number of hydrogen-bond donors (Lipinski definition) is 2. The average Bonchev–Trinajstić information content (AvgIpc) is 3.11. The zero-order chi connectivity index (χ0) is 23.0. The predicted octanol–water partition coefficient (Wildman–Crippen LogP) is 4.70. The molecule has 0 atom stereocenters. The fourth-order valence-corrected chi connectivity index (χ4v) is 3.98. The van der Waals surface area contributed by atoms with Crippen LogP contribution in [0.3, 0.4) is 0 Å². The first-order chi connectivity index (χ1) is 15.2. The van der Waals surface area contributed by atoms with Crippen molar-refractivity contribution in [2.45, 2.75) is 6.54 Å². The predicted molar refractivity (Wildman–Crippen MR) is 121 cm³/mol. The summed E-state index contributed by atoms with van der Waals surface area (Å²) in [7, 11) is 0. The number of hydrogen-bond acceptors (Lipinski definition) is 4. The first-order valence-corrected chi connectivity index (χ1v) is 10.3. The minimum absolute atomic E-state index is 0.0402. The number of halogens is 3. The summed E-state index contributed by atoms with van der Waals surface area (Å²) in [5.74, 6) is -2.04. The Morgan fingerprint density at radius 2 is 1.59 bits per heavy atom. The standard InChI is InChI=1S/C22H14Cl3N3O4/c23-13-6-4-12(5-7-13)8-27-9-15(14-2-1-3-18(29)20(14)27)21(30)22(31)26-19-16(24)10-28(32)11-17(19)25/h1-7,9-11,29,32H,8H2. The largest absolute Gasteiger partial charge is 0.506 e. The van der Waals surface area contributed by atoms with Crippen molar-refractivity contribution in [3.05, 3.63) is 92.6 Å². The first-order valence-electron chi connectivity index (χ1n) is 9.20. The van der Waals surface area contributed by atoms with Gasteiger partial charge in [-0.1, -0.05) is 59.1 Å². The van der Waals surface area contributed by atoms with Gasteiger partial charge in [-0.05, 0) is 23.8 Å². The normalized spacial score (nSPS) is 11.0. The highest BCUT2D eigenvalue weighted by Crippen LogP contribution is 2.30. The summed E-state index contributed by atoms with van der Waals surface area (Å²) in [6.45, 7) is 0.330. The molecule has 0 fully saturated rings. The van der Waals surface area contributed by atoms with Crippen LogP contribution in [0.4, 0.5) is 0 Å². The summed E-state index contributed by atoms with van der Waals surface area (Å²) in [6.07, 6.45) is 3.66. The molecule has 0 radical (unpaired) electrons. The van der Waals surface area contributed by atoms with Gasteiger partial charge >= 0.3 is 5.91 Å². The Morgan fingerprint density at radius 1 is 0.938 bits per heavy atom. The number of ketones is 1. The number of aromatic nitrogens is 2. The first kappa shape index (κ1) is 22.0. The molecule has 0 unspecified atom stereocenters. The third kappa shape index (κ3) is 4.23. The molecular weight excluding hydrogens is 477 g/mol. The van der Waals surface area contributed by atoms with Gasteiger partial charge in [0.1, 0.15) is 11.1 Å². The minimum Gasteiger partial charge on any atom is -0.506 e. The van der Waals surface area contributed by atoms with Gasteiger partial charge in [0.05, 0.1) is 33.5 Å². The summed E-state index contributed by atoms with van der Waals surface area (Å²) in [5.41, 5.74) is 1.35. The van der Waals surface area contributed by atoms with E-state index in [0.29, 0.717) is 27.2 Å². The van der Waals surface area contributed by atoms with Crippen LogP contribution in [0.2, 0.25) is 15.1 Å². The van der Waals surface area contributed by atoms with E-state index in [0.717, 1.165) is 18.0 Å². The van der Waals surface area contributed by atoms with Crippen molar-refractivity contribution in [2.24, 2.45) is 4.99 Å². The van der Waals surface area contributed by atoms with Gasteiger partial charge in [-0.2, -0.15) is 4.73 Å². The molecule has 0 aliphatic heterocycles. The molecule has 0 aliphatic carbocycles. The molecule has 4 rings (SSSR count). The van der Waals surface area contributed by atoms with E-state index in [1.165, 1.54) is 12.3 Å². The Kier molecular flexibility index (Phi) is 5.97. The monoisotopic (exact) mass is 489 g/mol. The van der Waals surface area contributed by atoms with Crippen LogP contribution in [-0.2, 0) is 11.3 Å². The maximum absolute atomic E-state index is 13.0. The maximum Gasteiger partial charge on any atom is 0.318 e. The van der Waals surface area contributed by atoms with Gasteiger partial charge in [0.25, 0.3) is 5.78 Å². The summed E-state index contributed by atoms with van der Waals surface area (Å²) < 4.78 is 2.29. The molecule has 0 saturated carbocycles. The zero-order valence-electron chi connectivity index (χ0n) is 16.2. The zero-order valence-corrected chi connectivity index (χ0v) is 18.4. The fourth-order valence-electron chi connectivity index (χ4n) is 3.31. The second-order valence-electron chi connectivity index (χ2n) is 6.90. The molecule has 0 bridgehead atoms. The quantitative estimate of drug-likeness (QED) is 0.246. The van der Waals surface area contributed by atoms with Crippen molar-refractivity contribution >= 4 is 57.4 Å². The highest BCUT2D eigenvalue weighted by Gasteiger charge is 2.23. The highest BCUT2D eigenvalue weighted by atomic mass is 35.5. The molecule has 4 aromatic rings. The molecule has 1 amide bonds. The Labute approximate surface area is 196 Å². The molecule has 0 aliphatic rings. The lowest BCUT2D eigenvalue weighted by Crippen LogP contribution is -2.18. The SMILES string of the molecule is O=C(N=c1c(Cl)cn(O)cc1Cl)C(=O)c1cn(Cc2ccc(Cl)cc2)c2c(O)cccc12. The molecule has 7 nitrogen and oxygen atoms in total. The number of aromatic hydroxyl groups is 1. The van der Waals surface area contributed by atoms with Gasteiger partial charge in [0.2, 0.25) is 0 Å². The van der Waals surface area contributed by atoms with Crippen molar-refractivity contribution in [2.75, 3.05) is 0 Å². The molecular formula is C22H14Cl3N3O4. The molecule has 2 heterocycles. The number of amides is 1. The number of carbonyl (C=O) groups excluding carboxylic acids is 2. The number of Topliss-reactive ketones (excluding diaryl/α,β-unsaturated/α-hetero) is 1. The number of nitrogens with zero attached hydrogens (tertiary/aromatic N) is 3. The van der Waals surface area contributed by atoms with Gasteiger partial charge in [-0.25, -0.2) is 4.99 Å². The lowest BCUT2D eigenvalue weighted by molar-refractivity contribution is -0.114. The highest BCUT2D eigenvalue weighted by molar-refractivity contribution is 6.45. The molecule has 2 aromatic carbocycles. The van der Waals surface area contributed by atoms with E-state index in [1.54, 1.807) is 28.8 Å². The van der Waals surface area contributed by atoms with Gasteiger partial charge in [0, 0.05) is 23.2 Å². The molecule has 2 N–H and O–H groups in total. The van der Waals surface area contributed by atoms with Crippen LogP contribution in [0, 0.1) is 0 Å². The maximum atomic E-state index is 13.0. The van der Waals surface area contributed by atoms with Crippen molar-refractivity contribution in [3.8, 4) is 5.75 Å². The van der Waals surface area contributed by atoms with Gasteiger partial charge in [-0.3, -0.25) is 9.59 Å². The number of phenols is 1. The summed E-state index contributed by atoms with van der Waals surface area (Å²) in [5, 5.41) is 20.5.